The van der Waals surface area contributed by atoms with E-state index < -0.39 is 13.3 Å². The van der Waals surface area contributed by atoms with Gasteiger partial charge >= 0.3 is 6.61 Å². The first-order chi connectivity index (χ1) is 10.6. The Morgan fingerprint density at radius 2 is 2.09 bits per heavy atom. The standard InChI is InChI=1S/C14H20F3N3O2/c1-18-14(19-7-3-6-15)20-9-10-8-11(21-2)4-5-12(10)22-13(16)17/h4-5,8,13H,3,6-7,9H2,1-2H3,(H2,18,19,20). The molecule has 0 aliphatic heterocycles. The number of benzene rings is 1. The fourth-order valence-electron chi connectivity index (χ4n) is 1.71. The van der Waals surface area contributed by atoms with Crippen LogP contribution in [-0.4, -0.2) is 39.9 Å². The van der Waals surface area contributed by atoms with Crippen molar-refractivity contribution in [3.63, 3.8) is 0 Å². The van der Waals surface area contributed by atoms with E-state index in [-0.39, 0.29) is 12.3 Å². The fraction of sp³-hybridized carbons (Fsp3) is 0.500. The normalized spacial score (nSPS) is 11.5. The third-order valence-corrected chi connectivity index (χ3v) is 2.76. The molecular formula is C14H20F3N3O2. The van der Waals surface area contributed by atoms with Gasteiger partial charge in [0, 0.05) is 25.7 Å². The van der Waals surface area contributed by atoms with Crippen molar-refractivity contribution in [3.8, 4) is 11.5 Å². The minimum absolute atomic E-state index is 0.0579. The summed E-state index contributed by atoms with van der Waals surface area (Å²) in [6, 6.07) is 4.55. The van der Waals surface area contributed by atoms with Gasteiger partial charge in [-0.05, 0) is 24.6 Å². The van der Waals surface area contributed by atoms with E-state index in [4.69, 9.17) is 4.74 Å². The third kappa shape index (κ3) is 6.11. The molecule has 0 amide bonds. The summed E-state index contributed by atoms with van der Waals surface area (Å²) < 4.78 is 46.4. The molecule has 22 heavy (non-hydrogen) atoms. The van der Waals surface area contributed by atoms with Gasteiger partial charge in [-0.15, -0.1) is 0 Å². The first-order valence-electron chi connectivity index (χ1n) is 6.73. The zero-order valence-corrected chi connectivity index (χ0v) is 12.5. The average molecular weight is 319 g/mol. The van der Waals surface area contributed by atoms with E-state index in [9.17, 15) is 13.2 Å². The second kappa shape index (κ2) is 9.75. The van der Waals surface area contributed by atoms with Gasteiger partial charge in [0.25, 0.3) is 0 Å². The monoisotopic (exact) mass is 319 g/mol. The smallest absolute Gasteiger partial charge is 0.387 e. The minimum atomic E-state index is -2.91. The number of guanidine groups is 1. The molecule has 0 aromatic heterocycles. The number of hydrogen-bond acceptors (Lipinski definition) is 3. The molecule has 0 saturated carbocycles. The molecule has 0 fully saturated rings. The van der Waals surface area contributed by atoms with E-state index in [1.165, 1.54) is 19.2 Å². The topological polar surface area (TPSA) is 54.9 Å². The zero-order chi connectivity index (χ0) is 16.4. The van der Waals surface area contributed by atoms with E-state index in [0.29, 0.717) is 30.2 Å². The molecule has 0 spiro atoms. The maximum Gasteiger partial charge on any atom is 0.387 e. The Morgan fingerprint density at radius 3 is 2.68 bits per heavy atom. The van der Waals surface area contributed by atoms with Gasteiger partial charge in [0.1, 0.15) is 11.5 Å². The summed E-state index contributed by atoms with van der Waals surface area (Å²) in [5.41, 5.74) is 0.494. The molecular weight excluding hydrogens is 299 g/mol. The van der Waals surface area contributed by atoms with Gasteiger partial charge in [0.05, 0.1) is 13.8 Å². The van der Waals surface area contributed by atoms with Gasteiger partial charge in [-0.25, -0.2) is 0 Å². The average Bonchev–Trinajstić information content (AvgIpc) is 2.51. The highest BCUT2D eigenvalue weighted by atomic mass is 19.3. The van der Waals surface area contributed by atoms with Crippen LogP contribution < -0.4 is 20.1 Å². The maximum absolute atomic E-state index is 12.4. The Balaban J connectivity index is 2.72. The summed E-state index contributed by atoms with van der Waals surface area (Å²) in [7, 11) is 3.05. The molecule has 0 aliphatic rings. The molecule has 124 valence electrons. The third-order valence-electron chi connectivity index (χ3n) is 2.76. The van der Waals surface area contributed by atoms with E-state index >= 15 is 0 Å². The molecule has 1 rings (SSSR count). The summed E-state index contributed by atoms with van der Waals surface area (Å²) in [5.74, 6) is 1.03. The van der Waals surface area contributed by atoms with Crippen LogP contribution >= 0.6 is 0 Å². The number of methoxy groups -OCH3 is 1. The van der Waals surface area contributed by atoms with Crippen molar-refractivity contribution in [2.45, 2.75) is 19.6 Å². The molecule has 0 heterocycles. The number of halogens is 3. The number of ether oxygens (including phenoxy) is 2. The van der Waals surface area contributed by atoms with Crippen LogP contribution in [0.2, 0.25) is 0 Å². The number of nitrogens with one attached hydrogen (secondary N) is 2. The molecule has 5 nitrogen and oxygen atoms in total. The zero-order valence-electron chi connectivity index (χ0n) is 12.5. The Kier molecular flexibility index (Phi) is 7.95. The van der Waals surface area contributed by atoms with E-state index in [0.717, 1.165) is 0 Å². The fourth-order valence-corrected chi connectivity index (χ4v) is 1.71. The second-order valence-corrected chi connectivity index (χ2v) is 4.25. The Labute approximate surface area is 127 Å². The Hall–Kier alpha value is -2.12. The highest BCUT2D eigenvalue weighted by molar-refractivity contribution is 5.79. The van der Waals surface area contributed by atoms with Crippen LogP contribution in [0.5, 0.6) is 11.5 Å². The molecule has 1 aromatic rings. The van der Waals surface area contributed by atoms with Crippen molar-refractivity contribution < 1.29 is 22.6 Å². The summed E-state index contributed by atoms with van der Waals surface area (Å²) in [6.07, 6.45) is 0.361. The summed E-state index contributed by atoms with van der Waals surface area (Å²) in [4.78, 5) is 3.96. The Morgan fingerprint density at radius 1 is 1.32 bits per heavy atom. The van der Waals surface area contributed by atoms with Gasteiger partial charge in [0.2, 0.25) is 0 Å². The van der Waals surface area contributed by atoms with Crippen LogP contribution in [-0.2, 0) is 6.54 Å². The lowest BCUT2D eigenvalue weighted by molar-refractivity contribution is -0.0504. The summed E-state index contributed by atoms with van der Waals surface area (Å²) >= 11 is 0. The van der Waals surface area contributed by atoms with Gasteiger partial charge in [0.15, 0.2) is 5.96 Å². The lowest BCUT2D eigenvalue weighted by Gasteiger charge is -2.15. The number of alkyl halides is 3. The molecule has 0 unspecified atom stereocenters. The van der Waals surface area contributed by atoms with Crippen molar-refractivity contribution in [1.29, 1.82) is 0 Å². The molecule has 1 aromatic carbocycles. The van der Waals surface area contributed by atoms with Gasteiger partial charge in [-0.1, -0.05) is 0 Å². The molecule has 2 N–H and O–H groups in total. The maximum atomic E-state index is 12.4. The molecule has 0 aliphatic carbocycles. The molecule has 0 bridgehead atoms. The van der Waals surface area contributed by atoms with Crippen LogP contribution in [0, 0.1) is 0 Å². The SMILES string of the molecule is CN=C(NCCCF)NCc1cc(OC)ccc1OC(F)F. The number of nitrogens with zero attached hydrogens (tertiary/aromatic N) is 1. The van der Waals surface area contributed by atoms with Crippen LogP contribution in [0.1, 0.15) is 12.0 Å². The molecule has 0 radical (unpaired) electrons. The van der Waals surface area contributed by atoms with E-state index in [1.54, 1.807) is 13.1 Å². The van der Waals surface area contributed by atoms with Gasteiger partial charge in [-0.2, -0.15) is 8.78 Å². The Bertz CT molecular complexity index is 484. The number of rotatable bonds is 8. The summed E-state index contributed by atoms with van der Waals surface area (Å²) in [5, 5.41) is 5.85. The largest absolute Gasteiger partial charge is 0.497 e. The molecule has 8 heteroatoms. The first-order valence-corrected chi connectivity index (χ1v) is 6.73. The first kappa shape index (κ1) is 17.9. The van der Waals surface area contributed by atoms with Gasteiger partial charge < -0.3 is 20.1 Å². The lowest BCUT2D eigenvalue weighted by atomic mass is 10.2. The van der Waals surface area contributed by atoms with Crippen molar-refractivity contribution >= 4 is 5.96 Å². The number of hydrogen-bond donors (Lipinski definition) is 2. The highest BCUT2D eigenvalue weighted by Crippen LogP contribution is 2.25. The van der Waals surface area contributed by atoms with E-state index in [2.05, 4.69) is 20.4 Å². The molecule has 0 saturated heterocycles. The predicted molar refractivity (Wildman–Crippen MR) is 78.4 cm³/mol. The van der Waals surface area contributed by atoms with Crippen molar-refractivity contribution in [1.82, 2.24) is 10.6 Å². The minimum Gasteiger partial charge on any atom is -0.497 e. The van der Waals surface area contributed by atoms with Gasteiger partial charge in [-0.3, -0.25) is 9.38 Å². The van der Waals surface area contributed by atoms with Crippen molar-refractivity contribution in [3.05, 3.63) is 23.8 Å². The van der Waals surface area contributed by atoms with E-state index in [1.807, 2.05) is 0 Å². The van der Waals surface area contributed by atoms with Crippen LogP contribution in [0.4, 0.5) is 13.2 Å². The van der Waals surface area contributed by atoms with Crippen LogP contribution in [0.3, 0.4) is 0 Å². The summed E-state index contributed by atoms with van der Waals surface area (Å²) in [6.45, 7) is -2.70. The van der Waals surface area contributed by atoms with Crippen LogP contribution in [0.25, 0.3) is 0 Å². The predicted octanol–water partition coefficient (Wildman–Crippen LogP) is 2.32. The van der Waals surface area contributed by atoms with Crippen molar-refractivity contribution in [2.75, 3.05) is 27.4 Å². The highest BCUT2D eigenvalue weighted by Gasteiger charge is 2.11. The number of aliphatic imine (C=N–C) groups is 1. The van der Waals surface area contributed by atoms with Crippen molar-refractivity contribution in [2.24, 2.45) is 4.99 Å². The quantitative estimate of drug-likeness (QED) is 0.439. The van der Waals surface area contributed by atoms with Crippen LogP contribution in [0.15, 0.2) is 23.2 Å². The lowest BCUT2D eigenvalue weighted by Crippen LogP contribution is -2.37. The molecule has 0 atom stereocenters. The second-order valence-electron chi connectivity index (χ2n) is 4.25.